The Morgan fingerprint density at radius 3 is 2.79 bits per heavy atom. The molecule has 1 aliphatic heterocycles. The highest BCUT2D eigenvalue weighted by atomic mass is 16.5. The Labute approximate surface area is 169 Å². The van der Waals surface area contributed by atoms with Crippen molar-refractivity contribution < 1.29 is 15.1 Å². The van der Waals surface area contributed by atoms with Crippen LogP contribution in [0.4, 0.5) is 0 Å². The molecular formula is C23H25N3O3. The van der Waals surface area contributed by atoms with Gasteiger partial charge < -0.3 is 10.1 Å². The maximum Gasteiger partial charge on any atom is 0.267 e. The summed E-state index contributed by atoms with van der Waals surface area (Å²) in [7, 11) is 0. The monoisotopic (exact) mass is 391 g/mol. The molecule has 6 heteroatoms. The number of para-hydroxylation sites is 1. The van der Waals surface area contributed by atoms with E-state index in [-0.39, 0.29) is 12.1 Å². The highest BCUT2D eigenvalue weighted by molar-refractivity contribution is 5.90. The zero-order valence-electron chi connectivity index (χ0n) is 16.1. The van der Waals surface area contributed by atoms with Crippen molar-refractivity contribution in [3.63, 3.8) is 0 Å². The van der Waals surface area contributed by atoms with Gasteiger partial charge in [0.25, 0.3) is 5.91 Å². The lowest BCUT2D eigenvalue weighted by molar-refractivity contribution is -0.124. The van der Waals surface area contributed by atoms with Crippen LogP contribution in [0.5, 0.6) is 0 Å². The van der Waals surface area contributed by atoms with Gasteiger partial charge >= 0.3 is 0 Å². The van der Waals surface area contributed by atoms with Crippen LogP contribution in [0.2, 0.25) is 0 Å². The van der Waals surface area contributed by atoms with Crippen LogP contribution < -0.4 is 5.48 Å². The number of nitrogens with one attached hydrogen (secondary N) is 2. The third kappa shape index (κ3) is 4.56. The third-order valence-corrected chi connectivity index (χ3v) is 5.54. The van der Waals surface area contributed by atoms with E-state index in [1.165, 1.54) is 17.0 Å². The van der Waals surface area contributed by atoms with Gasteiger partial charge in [-0.3, -0.25) is 14.9 Å². The van der Waals surface area contributed by atoms with Gasteiger partial charge in [-0.15, -0.1) is 0 Å². The number of rotatable bonds is 6. The predicted molar refractivity (Wildman–Crippen MR) is 112 cm³/mol. The van der Waals surface area contributed by atoms with Gasteiger partial charge in [-0.05, 0) is 41.7 Å². The summed E-state index contributed by atoms with van der Waals surface area (Å²) in [5.41, 5.74) is 6.05. The summed E-state index contributed by atoms with van der Waals surface area (Å²) in [5, 5.41) is 20.0. The van der Waals surface area contributed by atoms with Gasteiger partial charge in [0.05, 0.1) is 6.10 Å². The van der Waals surface area contributed by atoms with E-state index in [0.717, 1.165) is 36.0 Å². The van der Waals surface area contributed by atoms with E-state index in [4.69, 9.17) is 5.21 Å². The number of aliphatic hydroxyl groups is 1. The van der Waals surface area contributed by atoms with E-state index in [1.54, 1.807) is 11.6 Å². The molecule has 1 aromatic heterocycles. The maximum atomic E-state index is 11.1. The van der Waals surface area contributed by atoms with Crippen LogP contribution in [0.1, 0.15) is 23.1 Å². The second-order valence-corrected chi connectivity index (χ2v) is 7.59. The van der Waals surface area contributed by atoms with Crippen molar-refractivity contribution >= 4 is 22.9 Å². The molecule has 29 heavy (non-hydrogen) atoms. The molecule has 1 saturated heterocycles. The molecule has 0 spiro atoms. The number of hydrogen-bond acceptors (Lipinski definition) is 4. The Morgan fingerprint density at radius 1 is 1.21 bits per heavy atom. The SMILES string of the molecule is O=C(C=Cc1ccc(CN2C[C@H](O)C[C@@H]2Cc2c[nH]c3ccccc23)cc1)NO. The number of fused-ring (bicyclic) bond motifs is 1. The Balaban J connectivity index is 1.44. The predicted octanol–water partition coefficient (Wildman–Crippen LogP) is 2.86. The molecule has 2 atom stereocenters. The summed E-state index contributed by atoms with van der Waals surface area (Å²) in [4.78, 5) is 16.8. The first-order valence-corrected chi connectivity index (χ1v) is 9.80. The number of aliphatic hydroxyl groups excluding tert-OH is 1. The normalized spacial score (nSPS) is 19.9. The van der Waals surface area contributed by atoms with Crippen LogP contribution in [-0.4, -0.2) is 44.8 Å². The number of hydrogen-bond donors (Lipinski definition) is 4. The van der Waals surface area contributed by atoms with Gasteiger partial charge in [-0.25, -0.2) is 5.48 Å². The van der Waals surface area contributed by atoms with Gasteiger partial charge in [0, 0.05) is 42.3 Å². The number of hydroxylamine groups is 1. The standard InChI is InChI=1S/C23H25N3O3/c27-20-12-19(11-18-13-24-22-4-2-1-3-21(18)22)26(15-20)14-17-7-5-16(6-8-17)9-10-23(28)25-29/h1-10,13,19-20,24,27,29H,11-12,14-15H2,(H,25,28)/t19-,20+/m0/s1. The highest BCUT2D eigenvalue weighted by Crippen LogP contribution is 2.27. The Morgan fingerprint density at radius 2 is 2.00 bits per heavy atom. The molecule has 1 aliphatic rings. The number of carbonyl (C=O) groups excluding carboxylic acids is 1. The largest absolute Gasteiger partial charge is 0.392 e. The van der Waals surface area contributed by atoms with E-state index in [0.29, 0.717) is 6.54 Å². The lowest BCUT2D eigenvalue weighted by Gasteiger charge is -2.24. The summed E-state index contributed by atoms with van der Waals surface area (Å²) < 4.78 is 0. The van der Waals surface area contributed by atoms with Crippen molar-refractivity contribution in [2.24, 2.45) is 0 Å². The third-order valence-electron chi connectivity index (χ3n) is 5.54. The second kappa shape index (κ2) is 8.61. The molecule has 150 valence electrons. The first-order chi connectivity index (χ1) is 14.1. The number of benzene rings is 2. The molecule has 1 amide bonds. The van der Waals surface area contributed by atoms with E-state index in [1.807, 2.05) is 30.3 Å². The number of H-pyrrole nitrogens is 1. The van der Waals surface area contributed by atoms with Crippen LogP contribution in [0, 0.1) is 0 Å². The summed E-state index contributed by atoms with van der Waals surface area (Å²) in [6, 6.07) is 16.5. The first-order valence-electron chi connectivity index (χ1n) is 9.80. The van der Waals surface area contributed by atoms with Crippen molar-refractivity contribution in [1.82, 2.24) is 15.4 Å². The van der Waals surface area contributed by atoms with E-state index in [9.17, 15) is 9.90 Å². The molecule has 4 rings (SSSR count). The molecule has 2 heterocycles. The first kappa shape index (κ1) is 19.4. The highest BCUT2D eigenvalue weighted by Gasteiger charge is 2.31. The molecule has 0 radical (unpaired) electrons. The smallest absolute Gasteiger partial charge is 0.267 e. The fourth-order valence-electron chi connectivity index (χ4n) is 4.10. The number of nitrogens with zero attached hydrogens (tertiary/aromatic N) is 1. The summed E-state index contributed by atoms with van der Waals surface area (Å²) in [6.07, 6.45) is 6.38. The molecule has 6 nitrogen and oxygen atoms in total. The molecule has 0 aliphatic carbocycles. The summed E-state index contributed by atoms with van der Waals surface area (Å²) >= 11 is 0. The van der Waals surface area contributed by atoms with Crippen LogP contribution >= 0.6 is 0 Å². The average molecular weight is 391 g/mol. The fourth-order valence-corrected chi connectivity index (χ4v) is 4.10. The molecule has 0 saturated carbocycles. The second-order valence-electron chi connectivity index (χ2n) is 7.59. The summed E-state index contributed by atoms with van der Waals surface area (Å²) in [5.74, 6) is -0.555. The lowest BCUT2D eigenvalue weighted by Crippen LogP contribution is -2.30. The van der Waals surface area contributed by atoms with Crippen molar-refractivity contribution in [2.75, 3.05) is 6.54 Å². The Hall–Kier alpha value is -2.93. The van der Waals surface area contributed by atoms with Crippen molar-refractivity contribution in [3.05, 3.63) is 77.5 Å². The quantitative estimate of drug-likeness (QED) is 0.296. The zero-order chi connectivity index (χ0) is 20.2. The van der Waals surface area contributed by atoms with Gasteiger partial charge in [0.1, 0.15) is 0 Å². The number of aromatic amines is 1. The molecule has 0 bridgehead atoms. The number of likely N-dealkylation sites (tertiary alicyclic amines) is 1. The molecular weight excluding hydrogens is 366 g/mol. The van der Waals surface area contributed by atoms with Crippen LogP contribution in [0.3, 0.4) is 0 Å². The molecule has 0 unspecified atom stereocenters. The minimum absolute atomic E-state index is 0.289. The van der Waals surface area contributed by atoms with Crippen molar-refractivity contribution in [1.29, 1.82) is 0 Å². The van der Waals surface area contributed by atoms with Gasteiger partial charge in [-0.2, -0.15) is 0 Å². The number of carbonyl (C=O) groups is 1. The minimum atomic E-state index is -0.555. The number of β-amino-alcohol motifs (C(OH)–C–C–N with tert-alkyl or cyclic N) is 1. The molecule has 1 fully saturated rings. The summed E-state index contributed by atoms with van der Waals surface area (Å²) in [6.45, 7) is 1.44. The lowest BCUT2D eigenvalue weighted by atomic mass is 10.0. The Kier molecular flexibility index (Phi) is 5.76. The van der Waals surface area contributed by atoms with E-state index >= 15 is 0 Å². The fraction of sp³-hybridized carbons (Fsp3) is 0.261. The van der Waals surface area contributed by atoms with Crippen molar-refractivity contribution in [2.45, 2.75) is 31.5 Å². The molecule has 2 aromatic carbocycles. The maximum absolute atomic E-state index is 11.1. The number of amides is 1. The Bertz CT molecular complexity index is 1010. The van der Waals surface area contributed by atoms with Crippen LogP contribution in [-0.2, 0) is 17.8 Å². The minimum Gasteiger partial charge on any atom is -0.392 e. The van der Waals surface area contributed by atoms with Gasteiger partial charge in [0.2, 0.25) is 0 Å². The topological polar surface area (TPSA) is 88.6 Å². The molecule has 3 aromatic rings. The van der Waals surface area contributed by atoms with Crippen LogP contribution in [0.15, 0.2) is 60.8 Å². The number of aromatic nitrogens is 1. The van der Waals surface area contributed by atoms with Crippen molar-refractivity contribution in [3.8, 4) is 0 Å². The van der Waals surface area contributed by atoms with E-state index < -0.39 is 5.91 Å². The zero-order valence-corrected chi connectivity index (χ0v) is 16.1. The molecule has 4 N–H and O–H groups in total. The van der Waals surface area contributed by atoms with Gasteiger partial charge in [0.15, 0.2) is 0 Å². The van der Waals surface area contributed by atoms with Gasteiger partial charge in [-0.1, -0.05) is 42.5 Å². The van der Waals surface area contributed by atoms with E-state index in [2.05, 4.69) is 34.3 Å². The average Bonchev–Trinajstić information content (AvgIpc) is 3.30. The van der Waals surface area contributed by atoms with Crippen LogP contribution in [0.25, 0.3) is 17.0 Å².